The Kier molecular flexibility index (Phi) is 4.41. The zero-order valence-electron chi connectivity index (χ0n) is 14.2. The molecule has 0 unspecified atom stereocenters. The molecule has 1 aromatic heterocycles. The second-order valence-electron chi connectivity index (χ2n) is 7.07. The molecular weight excluding hydrogens is 292 g/mol. The van der Waals surface area contributed by atoms with E-state index in [1.54, 1.807) is 0 Å². The fourth-order valence-corrected chi connectivity index (χ4v) is 3.07. The highest BCUT2D eigenvalue weighted by molar-refractivity contribution is 5.79. The summed E-state index contributed by atoms with van der Waals surface area (Å²) in [4.78, 5) is 30.8. The number of imidazole rings is 1. The molecular formula is C17H26N4O2. The molecule has 1 aromatic rings. The van der Waals surface area contributed by atoms with Crippen molar-refractivity contribution in [2.24, 2.45) is 11.8 Å². The SMILES string of the molecule is CC(C)C(=O)N1CCn2cc(CC(=O)NCC3CC3)nc2[C@@H]1C. The van der Waals surface area contributed by atoms with Crippen LogP contribution < -0.4 is 5.32 Å². The standard InChI is InChI=1S/C17H26N4O2/c1-11(2)17(23)21-7-6-20-10-14(19-16(20)12(21)3)8-15(22)18-9-13-4-5-13/h10-13H,4-9H2,1-3H3,(H,18,22)/t12-/m0/s1. The van der Waals surface area contributed by atoms with Gasteiger partial charge in [-0.05, 0) is 25.7 Å². The smallest absolute Gasteiger partial charge is 0.226 e. The van der Waals surface area contributed by atoms with Crippen molar-refractivity contribution in [3.05, 3.63) is 17.7 Å². The lowest BCUT2D eigenvalue weighted by atomic mass is 10.1. The van der Waals surface area contributed by atoms with E-state index in [-0.39, 0.29) is 23.8 Å². The van der Waals surface area contributed by atoms with E-state index in [1.165, 1.54) is 12.8 Å². The van der Waals surface area contributed by atoms with Crippen molar-refractivity contribution in [1.29, 1.82) is 0 Å². The molecule has 126 valence electrons. The van der Waals surface area contributed by atoms with Gasteiger partial charge >= 0.3 is 0 Å². The van der Waals surface area contributed by atoms with Gasteiger partial charge in [0.05, 0.1) is 18.2 Å². The van der Waals surface area contributed by atoms with Crippen molar-refractivity contribution in [3.8, 4) is 0 Å². The predicted octanol–water partition coefficient (Wildman–Crippen LogP) is 1.51. The van der Waals surface area contributed by atoms with Crippen LogP contribution >= 0.6 is 0 Å². The first-order chi connectivity index (χ1) is 11.0. The number of hydrogen-bond donors (Lipinski definition) is 1. The molecule has 6 nitrogen and oxygen atoms in total. The molecule has 1 fully saturated rings. The van der Waals surface area contributed by atoms with Gasteiger partial charge in [-0.25, -0.2) is 4.98 Å². The Balaban J connectivity index is 1.65. The number of nitrogens with one attached hydrogen (secondary N) is 1. The first-order valence-corrected chi connectivity index (χ1v) is 8.59. The topological polar surface area (TPSA) is 67.2 Å². The van der Waals surface area contributed by atoms with Crippen LogP contribution in [-0.2, 0) is 22.6 Å². The number of fused-ring (bicyclic) bond motifs is 1. The Labute approximate surface area is 137 Å². The molecule has 1 N–H and O–H groups in total. The summed E-state index contributed by atoms with van der Waals surface area (Å²) < 4.78 is 2.08. The Morgan fingerprint density at radius 1 is 1.35 bits per heavy atom. The molecule has 3 rings (SSSR count). The summed E-state index contributed by atoms with van der Waals surface area (Å²) in [6.07, 6.45) is 4.74. The van der Waals surface area contributed by atoms with E-state index < -0.39 is 0 Å². The molecule has 2 aliphatic rings. The number of aromatic nitrogens is 2. The lowest BCUT2D eigenvalue weighted by molar-refractivity contribution is -0.137. The third-order valence-electron chi connectivity index (χ3n) is 4.68. The van der Waals surface area contributed by atoms with E-state index in [0.717, 1.165) is 24.6 Å². The largest absolute Gasteiger partial charge is 0.355 e. The van der Waals surface area contributed by atoms with Crippen molar-refractivity contribution >= 4 is 11.8 Å². The van der Waals surface area contributed by atoms with Crippen LogP contribution in [0, 0.1) is 11.8 Å². The fraction of sp³-hybridized carbons (Fsp3) is 0.706. The van der Waals surface area contributed by atoms with Gasteiger partial charge in [0.2, 0.25) is 11.8 Å². The molecule has 2 amide bonds. The van der Waals surface area contributed by atoms with E-state index in [0.29, 0.717) is 18.9 Å². The van der Waals surface area contributed by atoms with Crippen molar-refractivity contribution in [2.75, 3.05) is 13.1 Å². The molecule has 0 radical (unpaired) electrons. The van der Waals surface area contributed by atoms with E-state index in [1.807, 2.05) is 31.9 Å². The average Bonchev–Trinajstić information content (AvgIpc) is 3.24. The molecule has 0 spiro atoms. The Bertz CT molecular complexity index is 604. The van der Waals surface area contributed by atoms with E-state index in [9.17, 15) is 9.59 Å². The second-order valence-corrected chi connectivity index (χ2v) is 7.07. The maximum atomic E-state index is 12.3. The zero-order chi connectivity index (χ0) is 16.6. The quantitative estimate of drug-likeness (QED) is 0.895. The van der Waals surface area contributed by atoms with Crippen molar-refractivity contribution in [1.82, 2.24) is 19.8 Å². The van der Waals surface area contributed by atoms with Crippen LogP contribution in [0.1, 0.15) is 51.2 Å². The van der Waals surface area contributed by atoms with Gasteiger partial charge in [0, 0.05) is 31.7 Å². The number of amides is 2. The van der Waals surface area contributed by atoms with Gasteiger partial charge in [0.25, 0.3) is 0 Å². The van der Waals surface area contributed by atoms with E-state index >= 15 is 0 Å². The number of carbonyl (C=O) groups excluding carboxylic acids is 2. The Morgan fingerprint density at radius 2 is 2.09 bits per heavy atom. The van der Waals surface area contributed by atoms with Gasteiger partial charge in [-0.2, -0.15) is 0 Å². The Hall–Kier alpha value is -1.85. The molecule has 0 aromatic carbocycles. The van der Waals surface area contributed by atoms with Crippen LogP contribution in [0.2, 0.25) is 0 Å². The fourth-order valence-electron chi connectivity index (χ4n) is 3.07. The first kappa shape index (κ1) is 16.0. The highest BCUT2D eigenvalue weighted by Crippen LogP contribution is 2.28. The highest BCUT2D eigenvalue weighted by Gasteiger charge is 2.31. The summed E-state index contributed by atoms with van der Waals surface area (Å²) in [6, 6.07) is -0.0399. The number of carbonyl (C=O) groups is 2. The number of hydrogen-bond acceptors (Lipinski definition) is 3. The van der Waals surface area contributed by atoms with E-state index in [4.69, 9.17) is 0 Å². The van der Waals surface area contributed by atoms with Crippen molar-refractivity contribution in [2.45, 2.75) is 52.6 Å². The summed E-state index contributed by atoms with van der Waals surface area (Å²) in [5.41, 5.74) is 0.791. The third kappa shape index (κ3) is 3.57. The van der Waals surface area contributed by atoms with Crippen LogP contribution in [-0.4, -0.2) is 39.4 Å². The van der Waals surface area contributed by atoms with Crippen LogP contribution in [0.15, 0.2) is 6.20 Å². The summed E-state index contributed by atoms with van der Waals surface area (Å²) >= 11 is 0. The van der Waals surface area contributed by atoms with Crippen LogP contribution in [0.3, 0.4) is 0 Å². The minimum atomic E-state index is -0.0399. The lowest BCUT2D eigenvalue weighted by Gasteiger charge is -2.34. The van der Waals surface area contributed by atoms with Gasteiger partial charge < -0.3 is 14.8 Å². The minimum absolute atomic E-state index is 0.00775. The normalized spacial score (nSPS) is 20.5. The van der Waals surface area contributed by atoms with Gasteiger partial charge in [0.1, 0.15) is 5.82 Å². The summed E-state index contributed by atoms with van der Waals surface area (Å²) in [7, 11) is 0. The molecule has 23 heavy (non-hydrogen) atoms. The lowest BCUT2D eigenvalue weighted by Crippen LogP contribution is -2.42. The summed E-state index contributed by atoms with van der Waals surface area (Å²) in [5, 5.41) is 2.97. The molecule has 1 saturated carbocycles. The minimum Gasteiger partial charge on any atom is -0.355 e. The van der Waals surface area contributed by atoms with Crippen molar-refractivity contribution < 1.29 is 9.59 Å². The molecule has 1 aliphatic heterocycles. The molecule has 1 aliphatic carbocycles. The number of nitrogens with zero attached hydrogens (tertiary/aromatic N) is 3. The monoisotopic (exact) mass is 318 g/mol. The summed E-state index contributed by atoms with van der Waals surface area (Å²) in [6.45, 7) is 8.09. The molecule has 2 heterocycles. The maximum absolute atomic E-state index is 12.3. The predicted molar refractivity (Wildman–Crippen MR) is 86.6 cm³/mol. The number of rotatable bonds is 5. The van der Waals surface area contributed by atoms with E-state index in [2.05, 4.69) is 14.9 Å². The van der Waals surface area contributed by atoms with Gasteiger partial charge in [0.15, 0.2) is 0 Å². The van der Waals surface area contributed by atoms with Gasteiger partial charge in [-0.1, -0.05) is 13.8 Å². The van der Waals surface area contributed by atoms with Crippen LogP contribution in [0.5, 0.6) is 0 Å². The second kappa shape index (κ2) is 6.34. The Morgan fingerprint density at radius 3 is 2.74 bits per heavy atom. The highest BCUT2D eigenvalue weighted by atomic mass is 16.2. The van der Waals surface area contributed by atoms with Gasteiger partial charge in [-0.3, -0.25) is 9.59 Å². The molecule has 1 atom stereocenters. The average molecular weight is 318 g/mol. The zero-order valence-corrected chi connectivity index (χ0v) is 14.2. The van der Waals surface area contributed by atoms with Crippen LogP contribution in [0.4, 0.5) is 0 Å². The third-order valence-corrected chi connectivity index (χ3v) is 4.68. The maximum Gasteiger partial charge on any atom is 0.226 e. The van der Waals surface area contributed by atoms with Crippen molar-refractivity contribution in [3.63, 3.8) is 0 Å². The molecule has 6 heteroatoms. The van der Waals surface area contributed by atoms with Gasteiger partial charge in [-0.15, -0.1) is 0 Å². The first-order valence-electron chi connectivity index (χ1n) is 8.59. The van der Waals surface area contributed by atoms with Crippen LogP contribution in [0.25, 0.3) is 0 Å². The molecule has 0 bridgehead atoms. The summed E-state index contributed by atoms with van der Waals surface area (Å²) in [5.74, 6) is 1.76. The molecule has 0 saturated heterocycles.